The molecule has 34 heavy (non-hydrogen) atoms. The number of aryl methyl sites for hydroxylation is 1. The van der Waals surface area contributed by atoms with Gasteiger partial charge in [0.25, 0.3) is 0 Å². The summed E-state index contributed by atoms with van der Waals surface area (Å²) < 4.78 is 16.8. The van der Waals surface area contributed by atoms with Gasteiger partial charge in [-0.05, 0) is 43.7 Å². The van der Waals surface area contributed by atoms with Gasteiger partial charge in [0.15, 0.2) is 0 Å². The van der Waals surface area contributed by atoms with Crippen molar-refractivity contribution >= 4 is 12.1 Å². The first-order valence-electron chi connectivity index (χ1n) is 11.3. The molecule has 1 aromatic heterocycles. The van der Waals surface area contributed by atoms with Crippen molar-refractivity contribution in [2.24, 2.45) is 5.92 Å². The largest absolute Gasteiger partial charge is 0.493 e. The van der Waals surface area contributed by atoms with Crippen molar-refractivity contribution in [2.75, 3.05) is 26.3 Å². The predicted molar refractivity (Wildman–Crippen MR) is 125 cm³/mol. The van der Waals surface area contributed by atoms with Crippen LogP contribution in [-0.4, -0.2) is 53.4 Å². The summed E-state index contributed by atoms with van der Waals surface area (Å²) in [5.74, 6) is 0.0118. The maximum absolute atomic E-state index is 12.1. The lowest BCUT2D eigenvalue weighted by atomic mass is 9.89. The van der Waals surface area contributed by atoms with Gasteiger partial charge in [-0.25, -0.2) is 9.78 Å². The Kier molecular flexibility index (Phi) is 7.15. The Morgan fingerprint density at radius 1 is 1.15 bits per heavy atom. The fourth-order valence-corrected chi connectivity index (χ4v) is 4.22. The lowest BCUT2D eigenvalue weighted by Crippen LogP contribution is -2.30. The van der Waals surface area contributed by atoms with Crippen molar-refractivity contribution in [3.05, 3.63) is 71.6 Å². The third kappa shape index (κ3) is 5.22. The van der Waals surface area contributed by atoms with Crippen molar-refractivity contribution < 1.29 is 28.6 Å². The SMILES string of the molecule is CCOC(=O)N1CC(c2cccc(OCCc3nc(-c4ccccc4)oc3C)c2)[C@@H](C(=O)O)C1. The van der Waals surface area contributed by atoms with E-state index in [1.165, 1.54) is 4.90 Å². The average molecular weight is 465 g/mol. The van der Waals surface area contributed by atoms with E-state index < -0.39 is 18.0 Å². The van der Waals surface area contributed by atoms with E-state index in [1.807, 2.05) is 61.5 Å². The third-order valence-corrected chi connectivity index (χ3v) is 5.97. The lowest BCUT2D eigenvalue weighted by molar-refractivity contribution is -0.141. The van der Waals surface area contributed by atoms with E-state index in [0.29, 0.717) is 31.2 Å². The molecule has 4 rings (SSSR count). The van der Waals surface area contributed by atoms with Crippen LogP contribution in [0.1, 0.15) is 29.9 Å². The second-order valence-corrected chi connectivity index (χ2v) is 8.21. The van der Waals surface area contributed by atoms with Gasteiger partial charge in [-0.15, -0.1) is 0 Å². The van der Waals surface area contributed by atoms with Crippen LogP contribution in [0, 0.1) is 12.8 Å². The molecule has 1 aliphatic heterocycles. The number of hydrogen-bond donors (Lipinski definition) is 1. The number of carboxylic acids is 1. The van der Waals surface area contributed by atoms with Gasteiger partial charge in [-0.1, -0.05) is 30.3 Å². The van der Waals surface area contributed by atoms with Crippen LogP contribution in [-0.2, 0) is 16.0 Å². The molecule has 2 aromatic carbocycles. The highest BCUT2D eigenvalue weighted by atomic mass is 16.6. The second kappa shape index (κ2) is 10.4. The zero-order valence-corrected chi connectivity index (χ0v) is 19.3. The Labute approximate surface area is 198 Å². The van der Waals surface area contributed by atoms with Gasteiger partial charge < -0.3 is 23.9 Å². The zero-order chi connectivity index (χ0) is 24.1. The highest BCUT2D eigenvalue weighted by Crippen LogP contribution is 2.35. The van der Waals surface area contributed by atoms with Crippen molar-refractivity contribution in [3.63, 3.8) is 0 Å². The lowest BCUT2D eigenvalue weighted by Gasteiger charge is -2.17. The van der Waals surface area contributed by atoms with Gasteiger partial charge in [0.05, 0.1) is 24.8 Å². The van der Waals surface area contributed by atoms with Crippen molar-refractivity contribution in [1.29, 1.82) is 0 Å². The Bertz CT molecular complexity index is 1140. The number of aromatic nitrogens is 1. The number of rotatable bonds is 8. The number of benzene rings is 2. The van der Waals surface area contributed by atoms with Gasteiger partial charge >= 0.3 is 12.1 Å². The van der Waals surface area contributed by atoms with Gasteiger partial charge in [-0.2, -0.15) is 0 Å². The van der Waals surface area contributed by atoms with E-state index >= 15 is 0 Å². The molecule has 1 fully saturated rings. The molecule has 3 aromatic rings. The monoisotopic (exact) mass is 464 g/mol. The van der Waals surface area contributed by atoms with Crippen molar-refractivity contribution in [2.45, 2.75) is 26.2 Å². The number of likely N-dealkylation sites (tertiary alicyclic amines) is 1. The molecule has 0 radical (unpaired) electrons. The molecule has 0 saturated carbocycles. The summed E-state index contributed by atoms with van der Waals surface area (Å²) in [6, 6.07) is 17.1. The minimum atomic E-state index is -0.932. The number of carboxylic acid groups (broad SMARTS) is 1. The van der Waals surface area contributed by atoms with Crippen LogP contribution in [0.3, 0.4) is 0 Å². The molecular weight excluding hydrogens is 436 g/mol. The molecule has 2 atom stereocenters. The summed E-state index contributed by atoms with van der Waals surface area (Å²) in [6.07, 6.45) is 0.0889. The molecule has 8 nitrogen and oxygen atoms in total. The van der Waals surface area contributed by atoms with Gasteiger partial charge in [0.1, 0.15) is 11.5 Å². The number of nitrogens with zero attached hydrogens (tertiary/aromatic N) is 2. The highest BCUT2D eigenvalue weighted by molar-refractivity contribution is 5.75. The van der Waals surface area contributed by atoms with Crippen molar-refractivity contribution in [3.8, 4) is 17.2 Å². The first kappa shape index (κ1) is 23.4. The van der Waals surface area contributed by atoms with Crippen molar-refractivity contribution in [1.82, 2.24) is 9.88 Å². The fourth-order valence-electron chi connectivity index (χ4n) is 4.22. The number of carbonyl (C=O) groups is 2. The zero-order valence-electron chi connectivity index (χ0n) is 19.3. The maximum atomic E-state index is 12.1. The summed E-state index contributed by atoms with van der Waals surface area (Å²) in [4.78, 5) is 30.0. The first-order chi connectivity index (χ1) is 16.5. The molecule has 1 aliphatic rings. The molecule has 8 heteroatoms. The van der Waals surface area contributed by atoms with E-state index in [1.54, 1.807) is 6.92 Å². The molecule has 1 amide bonds. The smallest absolute Gasteiger partial charge is 0.409 e. The molecular formula is C26H28N2O6. The summed E-state index contributed by atoms with van der Waals surface area (Å²) >= 11 is 0. The van der Waals surface area contributed by atoms with Crippen LogP contribution in [0.5, 0.6) is 5.75 Å². The topological polar surface area (TPSA) is 102 Å². The normalized spacial score (nSPS) is 17.5. The standard InChI is InChI=1S/C26H28N2O6/c1-3-32-26(31)28-15-21(22(16-28)25(29)30)19-10-7-11-20(14-19)33-13-12-23-17(2)34-24(27-23)18-8-5-4-6-9-18/h4-11,14,21-22H,3,12-13,15-16H2,1-2H3,(H,29,30)/t21?,22-/m0/s1. The number of ether oxygens (including phenoxy) is 2. The molecule has 0 spiro atoms. The second-order valence-electron chi connectivity index (χ2n) is 8.21. The predicted octanol–water partition coefficient (Wildman–Crippen LogP) is 4.53. The van der Waals surface area contributed by atoms with Crippen LogP contribution in [0.25, 0.3) is 11.5 Å². The number of oxazole rings is 1. The third-order valence-electron chi connectivity index (χ3n) is 5.97. The summed E-state index contributed by atoms with van der Waals surface area (Å²) in [7, 11) is 0. The summed E-state index contributed by atoms with van der Waals surface area (Å²) in [6.45, 7) is 4.67. The van der Waals surface area contributed by atoms with E-state index in [0.717, 1.165) is 22.6 Å². The molecule has 0 aliphatic carbocycles. The number of hydrogen-bond acceptors (Lipinski definition) is 6. The maximum Gasteiger partial charge on any atom is 0.409 e. The highest BCUT2D eigenvalue weighted by Gasteiger charge is 2.41. The first-order valence-corrected chi connectivity index (χ1v) is 11.3. The van der Waals surface area contributed by atoms with Gasteiger partial charge in [-0.3, -0.25) is 4.79 Å². The van der Waals surface area contributed by atoms with E-state index in [2.05, 4.69) is 4.98 Å². The Morgan fingerprint density at radius 3 is 2.68 bits per heavy atom. The molecule has 0 bridgehead atoms. The Hall–Kier alpha value is -3.81. The Balaban J connectivity index is 1.41. The molecule has 1 N–H and O–H groups in total. The van der Waals surface area contributed by atoms with Crippen LogP contribution >= 0.6 is 0 Å². The van der Waals surface area contributed by atoms with Gasteiger partial charge in [0.2, 0.25) is 5.89 Å². The Morgan fingerprint density at radius 2 is 1.94 bits per heavy atom. The quantitative estimate of drug-likeness (QED) is 0.523. The van der Waals surface area contributed by atoms with Crippen LogP contribution in [0.4, 0.5) is 4.79 Å². The summed E-state index contributed by atoms with van der Waals surface area (Å²) in [5.41, 5.74) is 2.58. The fraction of sp³-hybridized carbons (Fsp3) is 0.346. The van der Waals surface area contributed by atoms with Crippen LogP contribution < -0.4 is 4.74 Å². The summed E-state index contributed by atoms with van der Waals surface area (Å²) in [5, 5.41) is 9.70. The van der Waals surface area contributed by atoms with Crippen LogP contribution in [0.2, 0.25) is 0 Å². The van der Waals surface area contributed by atoms with Crippen LogP contribution in [0.15, 0.2) is 59.0 Å². The minimum absolute atomic E-state index is 0.124. The number of carbonyl (C=O) groups excluding carboxylic acids is 1. The van der Waals surface area contributed by atoms with E-state index in [9.17, 15) is 14.7 Å². The molecule has 178 valence electrons. The molecule has 2 heterocycles. The van der Waals surface area contributed by atoms with E-state index in [-0.39, 0.29) is 19.1 Å². The van der Waals surface area contributed by atoms with Gasteiger partial charge in [0, 0.05) is 31.0 Å². The average Bonchev–Trinajstić information content (AvgIpc) is 3.45. The molecule has 1 saturated heterocycles. The number of aliphatic carboxylic acids is 1. The molecule has 1 unspecified atom stereocenters. The minimum Gasteiger partial charge on any atom is -0.493 e. The van der Waals surface area contributed by atoms with E-state index in [4.69, 9.17) is 13.9 Å². The number of amides is 1.